The predicted octanol–water partition coefficient (Wildman–Crippen LogP) is 2.78. The molecule has 24 heavy (non-hydrogen) atoms. The number of nitrogens with zero attached hydrogens (tertiary/aromatic N) is 3. The Kier molecular flexibility index (Phi) is 9.29. The minimum Gasteiger partial charge on any atom is -0.378 e. The van der Waals surface area contributed by atoms with Crippen LogP contribution in [0, 0.1) is 5.92 Å². The van der Waals surface area contributed by atoms with Gasteiger partial charge in [-0.1, -0.05) is 13.8 Å². The number of guanidine groups is 1. The molecule has 1 aromatic heterocycles. The molecule has 0 aromatic carbocycles. The molecule has 1 heterocycles. The average molecular weight is 345 g/mol. The van der Waals surface area contributed by atoms with Gasteiger partial charge < -0.3 is 15.4 Å². The normalized spacial score (nSPS) is 13.6. The molecule has 0 aliphatic rings. The van der Waals surface area contributed by atoms with Gasteiger partial charge in [-0.25, -0.2) is 9.98 Å². The van der Waals surface area contributed by atoms with Gasteiger partial charge in [0.25, 0.3) is 0 Å². The number of nitrogens with one attached hydrogen (secondary N) is 2. The topological polar surface area (TPSA) is 63.5 Å². The highest BCUT2D eigenvalue weighted by atomic mass is 19.3. The quantitative estimate of drug-likeness (QED) is 0.506. The van der Waals surface area contributed by atoms with Crippen molar-refractivity contribution in [3.8, 4) is 0 Å². The number of aliphatic imine (C=N–C) groups is 1. The Balaban J connectivity index is 2.58. The van der Waals surface area contributed by atoms with E-state index in [-0.39, 0.29) is 18.5 Å². The maximum Gasteiger partial charge on any atom is 0.319 e. The van der Waals surface area contributed by atoms with Crippen molar-refractivity contribution in [2.45, 2.75) is 53.3 Å². The zero-order chi connectivity index (χ0) is 17.9. The third kappa shape index (κ3) is 6.82. The Bertz CT molecular complexity index is 491. The molecule has 0 saturated heterocycles. The van der Waals surface area contributed by atoms with E-state index < -0.39 is 6.55 Å². The number of hydrogen-bond acceptors (Lipinski definition) is 3. The minimum atomic E-state index is -2.61. The maximum atomic E-state index is 12.8. The summed E-state index contributed by atoms with van der Waals surface area (Å²) in [6.45, 7) is 7.75. The van der Waals surface area contributed by atoms with Crippen LogP contribution >= 0.6 is 0 Å². The van der Waals surface area contributed by atoms with Gasteiger partial charge >= 0.3 is 6.55 Å². The Morgan fingerprint density at radius 2 is 2.08 bits per heavy atom. The van der Waals surface area contributed by atoms with Crippen molar-refractivity contribution in [1.82, 2.24) is 20.2 Å². The highest BCUT2D eigenvalue weighted by Crippen LogP contribution is 2.13. The zero-order valence-electron chi connectivity index (χ0n) is 14.9. The molecule has 8 heteroatoms. The van der Waals surface area contributed by atoms with E-state index in [4.69, 9.17) is 4.74 Å². The van der Waals surface area contributed by atoms with Gasteiger partial charge in [0.2, 0.25) is 0 Å². The molecule has 0 amide bonds. The van der Waals surface area contributed by atoms with Crippen LogP contribution in [0.3, 0.4) is 0 Å². The first-order valence-corrected chi connectivity index (χ1v) is 8.43. The van der Waals surface area contributed by atoms with Gasteiger partial charge in [-0.3, -0.25) is 4.57 Å². The molecule has 0 aliphatic carbocycles. The van der Waals surface area contributed by atoms with E-state index in [1.165, 1.54) is 12.4 Å². The molecule has 2 N–H and O–H groups in total. The summed E-state index contributed by atoms with van der Waals surface area (Å²) in [6.07, 6.45) is 3.64. The van der Waals surface area contributed by atoms with Crippen molar-refractivity contribution >= 4 is 5.96 Å². The standard InChI is InChI=1S/C16H29F2N5O/c1-5-19-16(21-8-7-13(12(3)4)24-6-2)22-11-14-20-9-10-23(14)15(17)18/h9-10,12-13,15H,5-8,11H2,1-4H3,(H2,19,21,22). The molecule has 0 fully saturated rings. The second-order valence-electron chi connectivity index (χ2n) is 5.68. The largest absolute Gasteiger partial charge is 0.378 e. The van der Waals surface area contributed by atoms with Crippen molar-refractivity contribution in [3.05, 3.63) is 18.2 Å². The first kappa shape index (κ1) is 20.3. The summed E-state index contributed by atoms with van der Waals surface area (Å²) in [5, 5.41) is 6.31. The van der Waals surface area contributed by atoms with Crippen molar-refractivity contribution in [2.24, 2.45) is 10.9 Å². The lowest BCUT2D eigenvalue weighted by Gasteiger charge is -2.21. The summed E-state index contributed by atoms with van der Waals surface area (Å²) in [7, 11) is 0. The van der Waals surface area contributed by atoms with Crippen LogP contribution in [0.15, 0.2) is 17.4 Å². The maximum absolute atomic E-state index is 12.8. The van der Waals surface area contributed by atoms with Gasteiger partial charge in [-0.05, 0) is 26.2 Å². The van der Waals surface area contributed by atoms with Gasteiger partial charge in [0.1, 0.15) is 12.4 Å². The van der Waals surface area contributed by atoms with E-state index in [1.54, 1.807) is 0 Å². The summed E-state index contributed by atoms with van der Waals surface area (Å²) in [5.74, 6) is 1.25. The Hall–Kier alpha value is -1.70. The van der Waals surface area contributed by atoms with E-state index in [9.17, 15) is 8.78 Å². The van der Waals surface area contributed by atoms with Crippen LogP contribution < -0.4 is 10.6 Å². The Morgan fingerprint density at radius 1 is 1.33 bits per heavy atom. The molecule has 0 aliphatic heterocycles. The van der Waals surface area contributed by atoms with Crippen molar-refractivity contribution < 1.29 is 13.5 Å². The van der Waals surface area contributed by atoms with Crippen LogP contribution in [0.4, 0.5) is 8.78 Å². The molecule has 1 atom stereocenters. The lowest BCUT2D eigenvalue weighted by molar-refractivity contribution is 0.0258. The van der Waals surface area contributed by atoms with E-state index >= 15 is 0 Å². The summed E-state index contributed by atoms with van der Waals surface area (Å²) in [5.41, 5.74) is 0. The number of ether oxygens (including phenoxy) is 1. The van der Waals surface area contributed by atoms with E-state index in [0.717, 1.165) is 11.0 Å². The molecule has 1 rings (SSSR count). The Labute approximate surface area is 142 Å². The van der Waals surface area contributed by atoms with Crippen molar-refractivity contribution in [2.75, 3.05) is 19.7 Å². The molecular formula is C16H29F2N5O. The van der Waals surface area contributed by atoms with E-state index in [2.05, 4.69) is 34.5 Å². The fourth-order valence-corrected chi connectivity index (χ4v) is 2.29. The molecule has 0 bridgehead atoms. The molecule has 1 aromatic rings. The zero-order valence-corrected chi connectivity index (χ0v) is 14.9. The van der Waals surface area contributed by atoms with Crippen LogP contribution in [0.5, 0.6) is 0 Å². The summed E-state index contributed by atoms with van der Waals surface area (Å²) in [4.78, 5) is 8.25. The van der Waals surface area contributed by atoms with Crippen LogP contribution in [0.2, 0.25) is 0 Å². The third-order valence-corrected chi connectivity index (χ3v) is 3.53. The van der Waals surface area contributed by atoms with Crippen LogP contribution in [0.1, 0.15) is 46.5 Å². The van der Waals surface area contributed by atoms with Gasteiger partial charge in [-0.2, -0.15) is 8.78 Å². The van der Waals surface area contributed by atoms with Crippen LogP contribution in [-0.2, 0) is 11.3 Å². The summed E-state index contributed by atoms with van der Waals surface area (Å²) >= 11 is 0. The Morgan fingerprint density at radius 3 is 2.67 bits per heavy atom. The second-order valence-corrected chi connectivity index (χ2v) is 5.68. The molecular weight excluding hydrogens is 316 g/mol. The number of imidazole rings is 1. The monoisotopic (exact) mass is 345 g/mol. The highest BCUT2D eigenvalue weighted by molar-refractivity contribution is 5.79. The molecule has 0 saturated carbocycles. The molecule has 1 unspecified atom stereocenters. The van der Waals surface area contributed by atoms with Crippen molar-refractivity contribution in [1.29, 1.82) is 0 Å². The van der Waals surface area contributed by atoms with Crippen molar-refractivity contribution in [3.63, 3.8) is 0 Å². The van der Waals surface area contributed by atoms with Gasteiger partial charge in [0.05, 0.1) is 6.10 Å². The first-order chi connectivity index (χ1) is 11.5. The molecule has 138 valence electrons. The van der Waals surface area contributed by atoms with Gasteiger partial charge in [0.15, 0.2) is 5.96 Å². The summed E-state index contributed by atoms with van der Waals surface area (Å²) < 4.78 is 32.1. The van der Waals surface area contributed by atoms with E-state index in [1.807, 2.05) is 13.8 Å². The minimum absolute atomic E-state index is 0.0890. The molecule has 0 spiro atoms. The molecule has 6 nitrogen and oxygen atoms in total. The number of aromatic nitrogens is 2. The SMILES string of the molecule is CCNC(=NCc1nccn1C(F)F)NCCC(OCC)C(C)C. The smallest absolute Gasteiger partial charge is 0.319 e. The number of rotatable bonds is 10. The second kappa shape index (κ2) is 11.0. The van der Waals surface area contributed by atoms with Crippen LogP contribution in [0.25, 0.3) is 0 Å². The molecule has 0 radical (unpaired) electrons. The fraction of sp³-hybridized carbons (Fsp3) is 0.750. The van der Waals surface area contributed by atoms with Gasteiger partial charge in [-0.15, -0.1) is 0 Å². The highest BCUT2D eigenvalue weighted by Gasteiger charge is 2.13. The lowest BCUT2D eigenvalue weighted by atomic mass is 10.0. The summed E-state index contributed by atoms with van der Waals surface area (Å²) in [6, 6.07) is 0. The number of hydrogen-bond donors (Lipinski definition) is 2. The first-order valence-electron chi connectivity index (χ1n) is 8.43. The predicted molar refractivity (Wildman–Crippen MR) is 91.2 cm³/mol. The number of alkyl halides is 2. The lowest BCUT2D eigenvalue weighted by Crippen LogP contribution is -2.39. The van der Waals surface area contributed by atoms with Crippen LogP contribution in [-0.4, -0.2) is 41.3 Å². The fourth-order valence-electron chi connectivity index (χ4n) is 2.29. The third-order valence-electron chi connectivity index (χ3n) is 3.53. The number of halogens is 2. The van der Waals surface area contributed by atoms with E-state index in [0.29, 0.717) is 31.6 Å². The average Bonchev–Trinajstić information content (AvgIpc) is 3.00. The van der Waals surface area contributed by atoms with Gasteiger partial charge in [0, 0.05) is 32.1 Å².